The third-order valence-electron chi connectivity index (χ3n) is 8.76. The van der Waals surface area contributed by atoms with Gasteiger partial charge in [-0.2, -0.15) is 0 Å². The molecule has 0 aliphatic carbocycles. The van der Waals surface area contributed by atoms with Gasteiger partial charge in [-0.25, -0.2) is 0 Å². The molecule has 0 saturated carbocycles. The van der Waals surface area contributed by atoms with Gasteiger partial charge in [-0.3, -0.25) is 4.79 Å². The molecule has 2 heteroatoms. The van der Waals surface area contributed by atoms with E-state index < -0.39 is 0 Å². The Morgan fingerprint density at radius 2 is 0.795 bits per heavy atom. The Labute approximate surface area is 248 Å². The van der Waals surface area contributed by atoms with Crippen LogP contribution in [0.3, 0.4) is 0 Å². The van der Waals surface area contributed by atoms with Crippen molar-refractivity contribution >= 4 is 5.91 Å². The van der Waals surface area contributed by atoms with Gasteiger partial charge in [0.25, 0.3) is 0 Å². The van der Waals surface area contributed by atoms with Crippen LogP contribution in [-0.4, -0.2) is 11.4 Å². The highest BCUT2D eigenvalue weighted by molar-refractivity contribution is 5.76. The monoisotopic (exact) mass is 550 g/mol. The number of amides is 1. The molecule has 0 aromatic carbocycles. The van der Waals surface area contributed by atoms with Crippen LogP contribution in [0, 0.1) is 5.92 Å². The molecule has 0 unspecified atom stereocenters. The van der Waals surface area contributed by atoms with E-state index in [4.69, 9.17) is 0 Å². The first-order valence-corrected chi connectivity index (χ1v) is 18.3. The van der Waals surface area contributed by atoms with Crippen molar-refractivity contribution in [3.63, 3.8) is 0 Å². The fraction of sp³-hybridized carbons (Fsp3) is 0.973. The first kappa shape index (κ1) is 38.5. The maximum absolute atomic E-state index is 12.9. The third-order valence-corrected chi connectivity index (χ3v) is 8.76. The van der Waals surface area contributed by atoms with Gasteiger partial charge in [0.2, 0.25) is 5.91 Å². The topological polar surface area (TPSA) is 29.1 Å². The van der Waals surface area contributed by atoms with E-state index in [1.54, 1.807) is 0 Å². The van der Waals surface area contributed by atoms with Crippen molar-refractivity contribution in [2.24, 2.45) is 5.92 Å². The Morgan fingerprint density at radius 3 is 1.10 bits per heavy atom. The molecule has 0 aromatic heterocycles. The minimum atomic E-state index is -0.0671. The smallest absolute Gasteiger partial charge is 0.220 e. The van der Waals surface area contributed by atoms with Gasteiger partial charge in [0.05, 0.1) is 0 Å². The summed E-state index contributed by atoms with van der Waals surface area (Å²) in [5.74, 6) is 0.866. The van der Waals surface area contributed by atoms with Gasteiger partial charge >= 0.3 is 0 Å². The molecule has 0 heterocycles. The van der Waals surface area contributed by atoms with Crippen LogP contribution < -0.4 is 5.32 Å². The summed E-state index contributed by atoms with van der Waals surface area (Å²) in [5, 5.41) is 3.34. The number of unbranched alkanes of at least 4 members (excludes halogenated alkanes) is 22. The molecule has 2 nitrogen and oxygen atoms in total. The van der Waals surface area contributed by atoms with E-state index in [9.17, 15) is 4.79 Å². The Bertz CT molecular complexity index is 472. The van der Waals surface area contributed by atoms with E-state index in [2.05, 4.69) is 39.9 Å². The molecule has 0 fully saturated rings. The van der Waals surface area contributed by atoms with E-state index >= 15 is 0 Å². The van der Waals surface area contributed by atoms with Crippen LogP contribution >= 0.6 is 0 Å². The second-order valence-corrected chi connectivity index (χ2v) is 13.6. The number of hydrogen-bond donors (Lipinski definition) is 1. The molecule has 234 valence electrons. The second-order valence-electron chi connectivity index (χ2n) is 13.6. The van der Waals surface area contributed by atoms with Gasteiger partial charge in [-0.15, -0.1) is 0 Å². The summed E-state index contributed by atoms with van der Waals surface area (Å²) in [5.41, 5.74) is -0.0671. The number of nitrogens with one attached hydrogen (secondary N) is 1. The van der Waals surface area contributed by atoms with Crippen LogP contribution in [0.1, 0.15) is 221 Å². The normalized spacial score (nSPS) is 11.9. The Hall–Kier alpha value is -0.530. The summed E-state index contributed by atoms with van der Waals surface area (Å²) in [6, 6.07) is 0. The zero-order valence-corrected chi connectivity index (χ0v) is 28.0. The van der Waals surface area contributed by atoms with Gasteiger partial charge in [-0.1, -0.05) is 181 Å². The molecule has 0 aliphatic heterocycles. The lowest BCUT2D eigenvalue weighted by atomic mass is 9.90. The SMILES string of the molecule is CCCCCCCCCCCCCCC(CCCCCCCCCCCCCC)CC(=O)NC(C)(C)CCC. The van der Waals surface area contributed by atoms with E-state index in [1.165, 1.54) is 167 Å². The Balaban J connectivity index is 4.09. The van der Waals surface area contributed by atoms with E-state index in [0.717, 1.165) is 19.3 Å². The summed E-state index contributed by atoms with van der Waals surface area (Å²) in [4.78, 5) is 12.9. The van der Waals surface area contributed by atoms with Crippen LogP contribution in [0.25, 0.3) is 0 Å². The summed E-state index contributed by atoms with van der Waals surface area (Å²) in [7, 11) is 0. The Kier molecular flexibility index (Phi) is 28.6. The maximum Gasteiger partial charge on any atom is 0.220 e. The zero-order valence-electron chi connectivity index (χ0n) is 28.0. The predicted molar refractivity (Wildman–Crippen MR) is 177 cm³/mol. The molecule has 39 heavy (non-hydrogen) atoms. The molecule has 1 N–H and O–H groups in total. The zero-order chi connectivity index (χ0) is 28.9. The minimum Gasteiger partial charge on any atom is -0.351 e. The van der Waals surface area contributed by atoms with Crippen molar-refractivity contribution in [3.8, 4) is 0 Å². The van der Waals surface area contributed by atoms with Crippen molar-refractivity contribution < 1.29 is 4.79 Å². The van der Waals surface area contributed by atoms with Gasteiger partial charge < -0.3 is 5.32 Å². The molecule has 0 bridgehead atoms. The fourth-order valence-corrected chi connectivity index (χ4v) is 6.27. The Morgan fingerprint density at radius 1 is 0.487 bits per heavy atom. The number of carbonyl (C=O) groups excluding carboxylic acids is 1. The summed E-state index contributed by atoms with van der Waals surface area (Å²) >= 11 is 0. The summed E-state index contributed by atoms with van der Waals surface area (Å²) in [6.07, 6.45) is 39.1. The predicted octanol–water partition coefficient (Wildman–Crippen LogP) is 12.9. The van der Waals surface area contributed by atoms with Crippen LogP contribution in [0.5, 0.6) is 0 Å². The average molecular weight is 550 g/mol. The molecule has 0 aliphatic rings. The lowest BCUT2D eigenvalue weighted by Gasteiger charge is -2.27. The molecule has 0 aromatic rings. The highest BCUT2D eigenvalue weighted by Gasteiger charge is 2.21. The van der Waals surface area contributed by atoms with Crippen molar-refractivity contribution in [2.45, 2.75) is 226 Å². The second kappa shape index (κ2) is 29.0. The van der Waals surface area contributed by atoms with Crippen molar-refractivity contribution in [1.82, 2.24) is 5.32 Å². The molecule has 0 spiro atoms. The van der Waals surface area contributed by atoms with Crippen LogP contribution in [0.15, 0.2) is 0 Å². The van der Waals surface area contributed by atoms with Crippen LogP contribution in [0.4, 0.5) is 0 Å². The lowest BCUT2D eigenvalue weighted by Crippen LogP contribution is -2.43. The average Bonchev–Trinajstić information content (AvgIpc) is 2.89. The van der Waals surface area contributed by atoms with E-state index in [0.29, 0.717) is 5.92 Å². The molecular formula is C37H75NO. The number of hydrogen-bond acceptors (Lipinski definition) is 1. The maximum atomic E-state index is 12.9. The van der Waals surface area contributed by atoms with Gasteiger partial charge in [-0.05, 0) is 39.0 Å². The standard InChI is InChI=1S/C37H75NO/c1-6-9-11-13-15-17-19-21-23-25-27-29-31-35(34-36(39)38-37(4,5)33-8-3)32-30-28-26-24-22-20-18-16-14-12-10-7-2/h35H,6-34H2,1-5H3,(H,38,39). The van der Waals surface area contributed by atoms with Crippen molar-refractivity contribution in [3.05, 3.63) is 0 Å². The summed E-state index contributed by atoms with van der Waals surface area (Å²) in [6.45, 7) is 11.2. The van der Waals surface area contributed by atoms with Crippen LogP contribution in [-0.2, 0) is 4.79 Å². The van der Waals surface area contributed by atoms with Crippen molar-refractivity contribution in [1.29, 1.82) is 0 Å². The van der Waals surface area contributed by atoms with Crippen LogP contribution in [0.2, 0.25) is 0 Å². The molecule has 0 radical (unpaired) electrons. The molecule has 0 atom stereocenters. The molecule has 1 amide bonds. The first-order chi connectivity index (χ1) is 18.9. The molecule has 0 rings (SSSR count). The van der Waals surface area contributed by atoms with E-state index in [-0.39, 0.29) is 11.4 Å². The number of rotatable bonds is 31. The third kappa shape index (κ3) is 28.8. The number of carbonyl (C=O) groups is 1. The lowest BCUT2D eigenvalue weighted by molar-refractivity contribution is -0.123. The highest BCUT2D eigenvalue weighted by Crippen LogP contribution is 2.23. The van der Waals surface area contributed by atoms with Gasteiger partial charge in [0, 0.05) is 12.0 Å². The molecule has 0 saturated heterocycles. The quantitative estimate of drug-likeness (QED) is 0.0856. The molecular weight excluding hydrogens is 474 g/mol. The van der Waals surface area contributed by atoms with Gasteiger partial charge in [0.1, 0.15) is 0 Å². The first-order valence-electron chi connectivity index (χ1n) is 18.3. The van der Waals surface area contributed by atoms with Gasteiger partial charge in [0.15, 0.2) is 0 Å². The fourth-order valence-electron chi connectivity index (χ4n) is 6.27. The van der Waals surface area contributed by atoms with Crippen molar-refractivity contribution in [2.75, 3.05) is 0 Å². The largest absolute Gasteiger partial charge is 0.351 e. The summed E-state index contributed by atoms with van der Waals surface area (Å²) < 4.78 is 0. The van der Waals surface area contributed by atoms with E-state index in [1.807, 2.05) is 0 Å². The minimum absolute atomic E-state index is 0.0671. The highest BCUT2D eigenvalue weighted by atomic mass is 16.1.